The predicted molar refractivity (Wildman–Crippen MR) is 59.8 cm³/mol. The summed E-state index contributed by atoms with van der Waals surface area (Å²) in [6, 6.07) is 0. The topological polar surface area (TPSA) is 41.6 Å². The van der Waals surface area contributed by atoms with Crippen molar-refractivity contribution in [3.05, 3.63) is 0 Å². The van der Waals surface area contributed by atoms with Gasteiger partial charge in [0.2, 0.25) is 5.91 Å². The van der Waals surface area contributed by atoms with E-state index in [1.165, 1.54) is 0 Å². The number of nitrogens with zero attached hydrogens (tertiary/aromatic N) is 1. The van der Waals surface area contributed by atoms with Crippen molar-refractivity contribution in [2.75, 3.05) is 32.8 Å². The molecule has 1 saturated heterocycles. The van der Waals surface area contributed by atoms with Crippen molar-refractivity contribution in [2.45, 2.75) is 32.8 Å². The monoisotopic (exact) mass is 214 g/mol. The first-order chi connectivity index (χ1) is 7.05. The molecule has 0 aromatic rings. The zero-order valence-electron chi connectivity index (χ0n) is 10.0. The summed E-state index contributed by atoms with van der Waals surface area (Å²) in [4.78, 5) is 13.6. The quantitative estimate of drug-likeness (QED) is 0.746. The van der Waals surface area contributed by atoms with Crippen LogP contribution in [0.1, 0.15) is 27.2 Å². The maximum atomic E-state index is 11.7. The molecule has 0 unspecified atom stereocenters. The SMILES string of the molecule is CCC(C)(C)OCC(=O)N1CCNCC1. The van der Waals surface area contributed by atoms with Crippen LogP contribution >= 0.6 is 0 Å². The van der Waals surface area contributed by atoms with Crippen LogP contribution in [0.5, 0.6) is 0 Å². The molecule has 1 heterocycles. The lowest BCUT2D eigenvalue weighted by Gasteiger charge is -2.29. The van der Waals surface area contributed by atoms with Crippen LogP contribution in [-0.2, 0) is 9.53 Å². The van der Waals surface area contributed by atoms with Gasteiger partial charge in [-0.3, -0.25) is 4.79 Å². The van der Waals surface area contributed by atoms with Crippen molar-refractivity contribution in [1.82, 2.24) is 10.2 Å². The summed E-state index contributed by atoms with van der Waals surface area (Å²) in [7, 11) is 0. The molecule has 0 saturated carbocycles. The molecule has 1 aliphatic heterocycles. The zero-order chi connectivity index (χ0) is 11.3. The highest BCUT2D eigenvalue weighted by atomic mass is 16.5. The van der Waals surface area contributed by atoms with Gasteiger partial charge in [-0.1, -0.05) is 6.92 Å². The molecule has 1 aliphatic rings. The molecule has 0 aliphatic carbocycles. The van der Waals surface area contributed by atoms with Crippen LogP contribution < -0.4 is 5.32 Å². The smallest absolute Gasteiger partial charge is 0.248 e. The van der Waals surface area contributed by atoms with Gasteiger partial charge >= 0.3 is 0 Å². The molecule has 0 atom stereocenters. The highest BCUT2D eigenvalue weighted by Gasteiger charge is 2.21. The summed E-state index contributed by atoms with van der Waals surface area (Å²) in [6.45, 7) is 9.68. The molecule has 1 fully saturated rings. The first-order valence-electron chi connectivity index (χ1n) is 5.67. The summed E-state index contributed by atoms with van der Waals surface area (Å²) < 4.78 is 5.58. The number of hydrogen-bond acceptors (Lipinski definition) is 3. The molecule has 0 spiro atoms. The van der Waals surface area contributed by atoms with E-state index in [4.69, 9.17) is 4.74 Å². The number of amides is 1. The minimum atomic E-state index is -0.191. The van der Waals surface area contributed by atoms with Gasteiger partial charge in [-0.2, -0.15) is 0 Å². The molecule has 1 N–H and O–H groups in total. The van der Waals surface area contributed by atoms with E-state index in [1.807, 2.05) is 18.7 Å². The summed E-state index contributed by atoms with van der Waals surface area (Å²) in [5.74, 6) is 0.109. The van der Waals surface area contributed by atoms with Crippen LogP contribution in [0.4, 0.5) is 0 Å². The van der Waals surface area contributed by atoms with Crippen molar-refractivity contribution in [1.29, 1.82) is 0 Å². The van der Waals surface area contributed by atoms with Gasteiger partial charge < -0.3 is 15.0 Å². The van der Waals surface area contributed by atoms with Crippen LogP contribution in [0.3, 0.4) is 0 Å². The van der Waals surface area contributed by atoms with Crippen molar-refractivity contribution >= 4 is 5.91 Å². The van der Waals surface area contributed by atoms with E-state index in [0.717, 1.165) is 32.6 Å². The van der Waals surface area contributed by atoms with Gasteiger partial charge in [0.05, 0.1) is 5.60 Å². The summed E-state index contributed by atoms with van der Waals surface area (Å²) in [5, 5.41) is 3.22. The lowest BCUT2D eigenvalue weighted by atomic mass is 10.1. The maximum absolute atomic E-state index is 11.7. The van der Waals surface area contributed by atoms with Gasteiger partial charge in [0.25, 0.3) is 0 Å². The van der Waals surface area contributed by atoms with Crippen LogP contribution in [0, 0.1) is 0 Å². The van der Waals surface area contributed by atoms with Crippen molar-refractivity contribution in [2.24, 2.45) is 0 Å². The molecule has 0 aromatic carbocycles. The fraction of sp³-hybridized carbons (Fsp3) is 0.909. The Morgan fingerprint density at radius 2 is 2.00 bits per heavy atom. The van der Waals surface area contributed by atoms with Gasteiger partial charge in [0, 0.05) is 26.2 Å². The van der Waals surface area contributed by atoms with E-state index >= 15 is 0 Å². The van der Waals surface area contributed by atoms with E-state index in [9.17, 15) is 4.79 Å². The largest absolute Gasteiger partial charge is 0.366 e. The number of nitrogens with one attached hydrogen (secondary N) is 1. The third-order valence-corrected chi connectivity index (χ3v) is 2.91. The average molecular weight is 214 g/mol. The van der Waals surface area contributed by atoms with Gasteiger partial charge in [-0.25, -0.2) is 0 Å². The minimum Gasteiger partial charge on any atom is -0.366 e. The van der Waals surface area contributed by atoms with Crippen molar-refractivity contribution < 1.29 is 9.53 Å². The number of ether oxygens (including phenoxy) is 1. The fourth-order valence-electron chi connectivity index (χ4n) is 1.36. The number of rotatable bonds is 4. The fourth-order valence-corrected chi connectivity index (χ4v) is 1.36. The Hall–Kier alpha value is -0.610. The minimum absolute atomic E-state index is 0.109. The standard InChI is InChI=1S/C11H22N2O2/c1-4-11(2,3)15-9-10(14)13-7-5-12-6-8-13/h12H,4-9H2,1-3H3. The third kappa shape index (κ3) is 4.18. The molecule has 15 heavy (non-hydrogen) atoms. The third-order valence-electron chi connectivity index (χ3n) is 2.91. The van der Waals surface area contributed by atoms with Gasteiger partial charge in [0.15, 0.2) is 0 Å². The molecule has 1 rings (SSSR count). The summed E-state index contributed by atoms with van der Waals surface area (Å²) in [5.41, 5.74) is -0.191. The van der Waals surface area contributed by atoms with Crippen molar-refractivity contribution in [3.8, 4) is 0 Å². The average Bonchev–Trinajstić information content (AvgIpc) is 2.27. The van der Waals surface area contributed by atoms with E-state index in [2.05, 4.69) is 12.2 Å². The van der Waals surface area contributed by atoms with E-state index < -0.39 is 0 Å². The Labute approximate surface area is 92.0 Å². The second kappa shape index (κ2) is 5.47. The van der Waals surface area contributed by atoms with Gasteiger partial charge in [0.1, 0.15) is 6.61 Å². The molecular formula is C11H22N2O2. The Morgan fingerprint density at radius 1 is 1.40 bits per heavy atom. The summed E-state index contributed by atoms with van der Waals surface area (Å²) >= 11 is 0. The number of carbonyl (C=O) groups is 1. The number of piperazine rings is 1. The second-order valence-corrected chi connectivity index (χ2v) is 4.53. The van der Waals surface area contributed by atoms with Gasteiger partial charge in [-0.15, -0.1) is 0 Å². The van der Waals surface area contributed by atoms with E-state index in [1.54, 1.807) is 0 Å². The number of hydrogen-bond donors (Lipinski definition) is 1. The lowest BCUT2D eigenvalue weighted by molar-refractivity contribution is -0.142. The molecule has 88 valence electrons. The van der Waals surface area contributed by atoms with E-state index in [-0.39, 0.29) is 18.1 Å². The molecule has 0 radical (unpaired) electrons. The first kappa shape index (κ1) is 12.5. The second-order valence-electron chi connectivity index (χ2n) is 4.53. The van der Waals surface area contributed by atoms with Crippen LogP contribution in [0.25, 0.3) is 0 Å². The highest BCUT2D eigenvalue weighted by Crippen LogP contribution is 2.13. The molecule has 4 nitrogen and oxygen atoms in total. The zero-order valence-corrected chi connectivity index (χ0v) is 10.0. The molecule has 1 amide bonds. The highest BCUT2D eigenvalue weighted by molar-refractivity contribution is 5.77. The van der Waals surface area contributed by atoms with Crippen LogP contribution in [0.15, 0.2) is 0 Å². The molecule has 0 aromatic heterocycles. The maximum Gasteiger partial charge on any atom is 0.248 e. The Bertz CT molecular complexity index is 211. The Kier molecular flexibility index (Phi) is 4.54. The van der Waals surface area contributed by atoms with Crippen molar-refractivity contribution in [3.63, 3.8) is 0 Å². The lowest BCUT2D eigenvalue weighted by Crippen LogP contribution is -2.48. The molecule has 4 heteroatoms. The Morgan fingerprint density at radius 3 is 2.53 bits per heavy atom. The van der Waals surface area contributed by atoms with Crippen LogP contribution in [0.2, 0.25) is 0 Å². The molecule has 0 bridgehead atoms. The molecular weight excluding hydrogens is 192 g/mol. The number of carbonyl (C=O) groups excluding carboxylic acids is 1. The first-order valence-corrected chi connectivity index (χ1v) is 5.67. The van der Waals surface area contributed by atoms with E-state index in [0.29, 0.717) is 0 Å². The Balaban J connectivity index is 2.28. The normalized spacial score (nSPS) is 17.9. The predicted octanol–water partition coefficient (Wildman–Crippen LogP) is 0.623. The van der Waals surface area contributed by atoms with Gasteiger partial charge in [-0.05, 0) is 20.3 Å². The van der Waals surface area contributed by atoms with Crippen LogP contribution in [-0.4, -0.2) is 49.2 Å². The summed E-state index contributed by atoms with van der Waals surface area (Å²) in [6.07, 6.45) is 0.918.